The Balaban J connectivity index is 2.62. The molecule has 0 bridgehead atoms. The maximum Gasteiger partial charge on any atom is 0.282 e. The summed E-state index contributed by atoms with van der Waals surface area (Å²) in [7, 11) is 0. The molecule has 15 heavy (non-hydrogen) atoms. The number of hydrogen-bond donors (Lipinski definition) is 0. The Morgan fingerprint density at radius 3 is 2.87 bits per heavy atom. The highest BCUT2D eigenvalue weighted by molar-refractivity contribution is 9.07. The van der Waals surface area contributed by atoms with Gasteiger partial charge in [0, 0.05) is 12.6 Å². The van der Waals surface area contributed by atoms with Crippen molar-refractivity contribution in [3.8, 4) is 0 Å². The summed E-state index contributed by atoms with van der Waals surface area (Å²) >= 11 is 3.07. The minimum Gasteiger partial charge on any atom is -0.274 e. The van der Waals surface area contributed by atoms with Gasteiger partial charge in [-0.1, -0.05) is 12.1 Å². The predicted octanol–water partition coefficient (Wildman–Crippen LogP) is 1.90. The van der Waals surface area contributed by atoms with Crippen molar-refractivity contribution in [2.45, 2.75) is 6.42 Å². The molecule has 0 atom stereocenters. The summed E-state index contributed by atoms with van der Waals surface area (Å²) in [6.45, 7) is 0.535. The maximum absolute atomic E-state index is 11.7. The van der Waals surface area contributed by atoms with Gasteiger partial charge in [0.25, 0.3) is 11.6 Å². The van der Waals surface area contributed by atoms with E-state index in [1.807, 2.05) is 0 Å². The third kappa shape index (κ3) is 1.61. The summed E-state index contributed by atoms with van der Waals surface area (Å²) in [5.41, 5.74) is 0.817. The first-order valence-corrected chi connectivity index (χ1v) is 5.06. The average molecular weight is 271 g/mol. The van der Waals surface area contributed by atoms with Crippen LogP contribution in [-0.2, 0) is 6.42 Å². The zero-order chi connectivity index (χ0) is 11.0. The Morgan fingerprint density at radius 2 is 2.20 bits per heavy atom. The van der Waals surface area contributed by atoms with Crippen LogP contribution in [0.15, 0.2) is 18.2 Å². The van der Waals surface area contributed by atoms with Crippen LogP contribution in [0.3, 0.4) is 0 Å². The fourth-order valence-electron chi connectivity index (χ4n) is 1.64. The first kappa shape index (κ1) is 10.1. The summed E-state index contributed by atoms with van der Waals surface area (Å²) in [6.07, 6.45) is 0.633. The molecule has 0 aromatic heterocycles. The van der Waals surface area contributed by atoms with Gasteiger partial charge in [-0.15, -0.1) is 0 Å². The largest absolute Gasteiger partial charge is 0.282 e. The van der Waals surface area contributed by atoms with Gasteiger partial charge in [-0.25, -0.2) is 0 Å². The molecular weight excluding hydrogens is 264 g/mol. The molecule has 0 spiro atoms. The molecule has 0 unspecified atom stereocenters. The van der Waals surface area contributed by atoms with E-state index in [0.717, 1.165) is 5.56 Å². The number of hydrogen-bond acceptors (Lipinski definition) is 3. The van der Waals surface area contributed by atoms with Crippen LogP contribution in [0.4, 0.5) is 5.69 Å². The van der Waals surface area contributed by atoms with Crippen molar-refractivity contribution >= 4 is 27.7 Å². The van der Waals surface area contributed by atoms with Gasteiger partial charge in [-0.2, -0.15) is 0 Å². The second-order valence-corrected chi connectivity index (χ2v) is 4.07. The topological polar surface area (TPSA) is 63.4 Å². The van der Waals surface area contributed by atoms with Gasteiger partial charge in [-0.05, 0) is 12.0 Å². The van der Waals surface area contributed by atoms with Crippen LogP contribution in [0.5, 0.6) is 0 Å². The van der Waals surface area contributed by atoms with Crippen molar-refractivity contribution in [3.63, 3.8) is 0 Å². The zero-order valence-electron chi connectivity index (χ0n) is 7.64. The molecule has 0 radical (unpaired) electrons. The van der Waals surface area contributed by atoms with Crippen molar-refractivity contribution in [2.75, 3.05) is 6.54 Å². The summed E-state index contributed by atoms with van der Waals surface area (Å²) < 4.78 is 1.32. The molecular formula is C9H7BrN2O3. The fraction of sp³-hybridized carbons (Fsp3) is 0.222. The van der Waals surface area contributed by atoms with E-state index < -0.39 is 4.92 Å². The van der Waals surface area contributed by atoms with Crippen molar-refractivity contribution < 1.29 is 9.72 Å². The number of carbonyl (C=O) groups excluding carboxylic acids is 1. The van der Waals surface area contributed by atoms with E-state index in [4.69, 9.17) is 0 Å². The van der Waals surface area contributed by atoms with Crippen molar-refractivity contribution in [2.24, 2.45) is 0 Å². The number of halogens is 1. The minimum atomic E-state index is -0.525. The Bertz CT molecular complexity index is 447. The summed E-state index contributed by atoms with van der Waals surface area (Å²) in [6, 6.07) is 4.71. The second kappa shape index (κ2) is 3.62. The SMILES string of the molecule is O=C1c2c(cccc2[N+](=O)[O-])CCN1Br. The standard InChI is InChI=1S/C9H7BrN2O3/c10-11-5-4-6-2-1-3-7(12(14)15)8(6)9(11)13/h1-3H,4-5H2. The van der Waals surface area contributed by atoms with Gasteiger partial charge in [0.15, 0.2) is 0 Å². The van der Waals surface area contributed by atoms with E-state index in [1.165, 1.54) is 9.99 Å². The maximum atomic E-state index is 11.7. The molecule has 0 N–H and O–H groups in total. The summed E-state index contributed by atoms with van der Waals surface area (Å²) in [5.74, 6) is -0.344. The van der Waals surface area contributed by atoms with Crippen LogP contribution < -0.4 is 0 Å². The molecule has 1 heterocycles. The van der Waals surface area contributed by atoms with Gasteiger partial charge in [0.2, 0.25) is 0 Å². The highest BCUT2D eigenvalue weighted by Gasteiger charge is 2.30. The quantitative estimate of drug-likeness (QED) is 0.445. The first-order valence-electron chi connectivity index (χ1n) is 4.35. The molecule has 5 nitrogen and oxygen atoms in total. The van der Waals surface area contributed by atoms with Crippen molar-refractivity contribution in [1.82, 2.24) is 3.93 Å². The smallest absolute Gasteiger partial charge is 0.274 e. The third-order valence-electron chi connectivity index (χ3n) is 2.34. The first-order chi connectivity index (χ1) is 7.11. The third-order valence-corrected chi connectivity index (χ3v) is 3.01. The van der Waals surface area contributed by atoms with E-state index in [1.54, 1.807) is 12.1 Å². The van der Waals surface area contributed by atoms with E-state index in [-0.39, 0.29) is 17.2 Å². The molecule has 1 amide bonds. The molecule has 0 fully saturated rings. The number of benzene rings is 1. The summed E-state index contributed by atoms with van der Waals surface area (Å²) in [5, 5.41) is 10.7. The Morgan fingerprint density at radius 1 is 1.47 bits per heavy atom. The number of amides is 1. The van der Waals surface area contributed by atoms with Gasteiger partial charge in [0.05, 0.1) is 21.1 Å². The molecule has 1 aromatic carbocycles. The van der Waals surface area contributed by atoms with Gasteiger partial charge < -0.3 is 0 Å². The molecule has 78 valence electrons. The Labute approximate surface area is 94.2 Å². The number of nitro benzene ring substituents is 1. The molecule has 0 aliphatic carbocycles. The number of fused-ring (bicyclic) bond motifs is 1. The number of nitro groups is 1. The lowest BCUT2D eigenvalue weighted by Gasteiger charge is -2.21. The van der Waals surface area contributed by atoms with E-state index in [9.17, 15) is 14.9 Å². The average Bonchev–Trinajstić information content (AvgIpc) is 2.23. The molecule has 6 heteroatoms. The second-order valence-electron chi connectivity index (χ2n) is 3.21. The van der Waals surface area contributed by atoms with Gasteiger partial charge >= 0.3 is 0 Å². The van der Waals surface area contributed by atoms with E-state index in [0.29, 0.717) is 13.0 Å². The lowest BCUT2D eigenvalue weighted by atomic mass is 9.99. The van der Waals surface area contributed by atoms with Crippen molar-refractivity contribution in [1.29, 1.82) is 0 Å². The normalized spacial score (nSPS) is 15.0. The number of nitrogens with zero attached hydrogens (tertiary/aromatic N) is 2. The fourth-order valence-corrected chi connectivity index (χ4v) is 1.99. The van der Waals surface area contributed by atoms with Crippen LogP contribution in [0.2, 0.25) is 0 Å². The van der Waals surface area contributed by atoms with Crippen LogP contribution >= 0.6 is 16.1 Å². The molecule has 0 saturated carbocycles. The van der Waals surface area contributed by atoms with Crippen LogP contribution in [0, 0.1) is 10.1 Å². The molecule has 2 rings (SSSR count). The molecule has 1 aromatic rings. The van der Waals surface area contributed by atoms with Crippen molar-refractivity contribution in [3.05, 3.63) is 39.4 Å². The predicted molar refractivity (Wildman–Crippen MR) is 56.8 cm³/mol. The summed E-state index contributed by atoms with van der Waals surface area (Å²) in [4.78, 5) is 21.9. The highest BCUT2D eigenvalue weighted by atomic mass is 79.9. The lowest BCUT2D eigenvalue weighted by Crippen LogP contribution is -2.30. The Hall–Kier alpha value is -1.43. The van der Waals surface area contributed by atoms with Crippen LogP contribution in [-0.4, -0.2) is 21.3 Å². The molecule has 1 aliphatic heterocycles. The minimum absolute atomic E-state index is 0.123. The van der Waals surface area contributed by atoms with E-state index in [2.05, 4.69) is 16.1 Å². The Kier molecular flexibility index (Phi) is 2.44. The monoisotopic (exact) mass is 270 g/mol. The lowest BCUT2D eigenvalue weighted by molar-refractivity contribution is -0.385. The van der Waals surface area contributed by atoms with Gasteiger partial charge in [-0.3, -0.25) is 18.8 Å². The van der Waals surface area contributed by atoms with Crippen LogP contribution in [0.25, 0.3) is 0 Å². The number of rotatable bonds is 1. The number of carbonyl (C=O) groups is 1. The van der Waals surface area contributed by atoms with Gasteiger partial charge in [0.1, 0.15) is 5.56 Å². The molecule has 0 saturated heterocycles. The van der Waals surface area contributed by atoms with E-state index >= 15 is 0 Å². The zero-order valence-corrected chi connectivity index (χ0v) is 9.23. The molecule has 1 aliphatic rings. The van der Waals surface area contributed by atoms with Crippen LogP contribution in [0.1, 0.15) is 15.9 Å². The highest BCUT2D eigenvalue weighted by Crippen LogP contribution is 2.28.